The SMILES string of the molecule is Cc1cc(NC(=O)Cc2ccccc2N2CCCC2=O)n(-c2ccccc2)n1. The van der Waals surface area contributed by atoms with Crippen LogP contribution in [0.15, 0.2) is 60.7 Å². The van der Waals surface area contributed by atoms with Crippen LogP contribution >= 0.6 is 0 Å². The molecule has 2 aromatic carbocycles. The van der Waals surface area contributed by atoms with E-state index in [0.717, 1.165) is 29.1 Å². The van der Waals surface area contributed by atoms with Crippen molar-refractivity contribution in [2.24, 2.45) is 0 Å². The van der Waals surface area contributed by atoms with E-state index in [1.807, 2.05) is 67.6 Å². The van der Waals surface area contributed by atoms with Crippen LogP contribution in [0.3, 0.4) is 0 Å². The van der Waals surface area contributed by atoms with Crippen LogP contribution in [-0.2, 0) is 16.0 Å². The lowest BCUT2D eigenvalue weighted by molar-refractivity contribution is -0.117. The van der Waals surface area contributed by atoms with Crippen LogP contribution in [0.4, 0.5) is 11.5 Å². The predicted octanol–water partition coefficient (Wildman–Crippen LogP) is 3.49. The van der Waals surface area contributed by atoms with Crippen molar-refractivity contribution < 1.29 is 9.59 Å². The van der Waals surface area contributed by atoms with E-state index in [1.165, 1.54) is 0 Å². The topological polar surface area (TPSA) is 67.2 Å². The summed E-state index contributed by atoms with van der Waals surface area (Å²) in [6.07, 6.45) is 1.62. The fraction of sp³-hybridized carbons (Fsp3) is 0.227. The average Bonchev–Trinajstić information content (AvgIpc) is 3.28. The predicted molar refractivity (Wildman–Crippen MR) is 109 cm³/mol. The second-order valence-electron chi connectivity index (χ2n) is 6.92. The highest BCUT2D eigenvalue weighted by Crippen LogP contribution is 2.26. The van der Waals surface area contributed by atoms with Crippen molar-refractivity contribution in [2.45, 2.75) is 26.2 Å². The third-order valence-corrected chi connectivity index (χ3v) is 4.81. The molecule has 6 nitrogen and oxygen atoms in total. The number of para-hydroxylation sites is 2. The third kappa shape index (κ3) is 3.67. The van der Waals surface area contributed by atoms with Crippen LogP contribution in [-0.4, -0.2) is 28.1 Å². The number of nitrogens with one attached hydrogen (secondary N) is 1. The summed E-state index contributed by atoms with van der Waals surface area (Å²) in [5.41, 5.74) is 3.38. The van der Waals surface area contributed by atoms with E-state index >= 15 is 0 Å². The second-order valence-corrected chi connectivity index (χ2v) is 6.92. The van der Waals surface area contributed by atoms with Gasteiger partial charge in [0.25, 0.3) is 0 Å². The molecule has 0 unspecified atom stereocenters. The maximum atomic E-state index is 12.8. The number of nitrogens with zero attached hydrogens (tertiary/aromatic N) is 3. The van der Waals surface area contributed by atoms with Crippen molar-refractivity contribution in [1.82, 2.24) is 9.78 Å². The van der Waals surface area contributed by atoms with Crippen LogP contribution < -0.4 is 10.2 Å². The zero-order valence-electron chi connectivity index (χ0n) is 15.8. The molecule has 0 saturated carbocycles. The molecule has 4 rings (SSSR count). The van der Waals surface area contributed by atoms with Gasteiger partial charge in [-0.15, -0.1) is 0 Å². The van der Waals surface area contributed by atoms with Crippen molar-refractivity contribution in [2.75, 3.05) is 16.8 Å². The van der Waals surface area contributed by atoms with Gasteiger partial charge in [-0.2, -0.15) is 5.10 Å². The largest absolute Gasteiger partial charge is 0.312 e. The standard InChI is InChI=1S/C22H22N4O2/c1-16-14-20(26(24-16)18-9-3-2-4-10-18)23-21(27)15-17-8-5-6-11-19(17)25-13-7-12-22(25)28/h2-6,8-11,14H,7,12-13,15H2,1H3,(H,23,27). The maximum Gasteiger partial charge on any atom is 0.230 e. The number of rotatable bonds is 5. The van der Waals surface area contributed by atoms with Gasteiger partial charge in [0.05, 0.1) is 17.8 Å². The number of aromatic nitrogens is 2. The minimum Gasteiger partial charge on any atom is -0.312 e. The number of carbonyl (C=O) groups is 2. The summed E-state index contributed by atoms with van der Waals surface area (Å²) in [5.74, 6) is 0.602. The lowest BCUT2D eigenvalue weighted by atomic mass is 10.1. The lowest BCUT2D eigenvalue weighted by Crippen LogP contribution is -2.26. The van der Waals surface area contributed by atoms with Gasteiger partial charge in [-0.25, -0.2) is 4.68 Å². The van der Waals surface area contributed by atoms with Crippen LogP contribution in [0.25, 0.3) is 5.69 Å². The second kappa shape index (κ2) is 7.68. The molecule has 0 radical (unpaired) electrons. The quantitative estimate of drug-likeness (QED) is 0.743. The number of aryl methyl sites for hydroxylation is 1. The fourth-order valence-electron chi connectivity index (χ4n) is 3.54. The van der Waals surface area contributed by atoms with Gasteiger partial charge in [0.2, 0.25) is 11.8 Å². The summed E-state index contributed by atoms with van der Waals surface area (Å²) >= 11 is 0. The van der Waals surface area contributed by atoms with Crippen molar-refractivity contribution >= 4 is 23.3 Å². The van der Waals surface area contributed by atoms with Gasteiger partial charge < -0.3 is 10.2 Å². The fourth-order valence-corrected chi connectivity index (χ4v) is 3.54. The Bertz CT molecular complexity index is 1010. The Balaban J connectivity index is 1.55. The van der Waals surface area contributed by atoms with E-state index in [9.17, 15) is 9.59 Å². The molecule has 6 heteroatoms. The Morgan fingerprint density at radius 3 is 2.61 bits per heavy atom. The van der Waals surface area contributed by atoms with Crippen molar-refractivity contribution in [3.63, 3.8) is 0 Å². The summed E-state index contributed by atoms with van der Waals surface area (Å²) in [6.45, 7) is 2.60. The molecule has 0 bridgehead atoms. The first kappa shape index (κ1) is 18.0. The number of carbonyl (C=O) groups excluding carboxylic acids is 2. The third-order valence-electron chi connectivity index (χ3n) is 4.81. The molecule has 1 saturated heterocycles. The summed E-state index contributed by atoms with van der Waals surface area (Å²) in [5, 5.41) is 7.45. The van der Waals surface area contributed by atoms with Crippen LogP contribution in [0, 0.1) is 6.92 Å². The van der Waals surface area contributed by atoms with Gasteiger partial charge in [-0.3, -0.25) is 9.59 Å². The van der Waals surface area contributed by atoms with Crippen molar-refractivity contribution in [3.8, 4) is 5.69 Å². The molecule has 1 aliphatic heterocycles. The van der Waals surface area contributed by atoms with Gasteiger partial charge in [-0.1, -0.05) is 36.4 Å². The zero-order chi connectivity index (χ0) is 19.5. The molecule has 0 spiro atoms. The zero-order valence-corrected chi connectivity index (χ0v) is 15.8. The van der Waals surface area contributed by atoms with E-state index in [2.05, 4.69) is 10.4 Å². The highest BCUT2D eigenvalue weighted by Gasteiger charge is 2.24. The summed E-state index contributed by atoms with van der Waals surface area (Å²) in [7, 11) is 0. The number of hydrogen-bond donors (Lipinski definition) is 1. The molecule has 0 atom stereocenters. The van der Waals surface area contributed by atoms with Crippen LogP contribution in [0.5, 0.6) is 0 Å². The van der Waals surface area contributed by atoms with E-state index in [-0.39, 0.29) is 18.2 Å². The first-order valence-electron chi connectivity index (χ1n) is 9.42. The van der Waals surface area contributed by atoms with Crippen molar-refractivity contribution in [1.29, 1.82) is 0 Å². The van der Waals surface area contributed by atoms with E-state index in [0.29, 0.717) is 18.8 Å². The summed E-state index contributed by atoms with van der Waals surface area (Å²) in [6, 6.07) is 19.1. The van der Waals surface area contributed by atoms with Gasteiger partial charge in [0.15, 0.2) is 0 Å². The molecule has 1 N–H and O–H groups in total. The molecule has 1 aromatic heterocycles. The average molecular weight is 374 g/mol. The Morgan fingerprint density at radius 2 is 1.86 bits per heavy atom. The number of amides is 2. The normalized spacial score (nSPS) is 13.8. The Kier molecular flexibility index (Phi) is 4.93. The molecule has 2 amide bonds. The molecule has 28 heavy (non-hydrogen) atoms. The number of anilines is 2. The van der Waals surface area contributed by atoms with E-state index in [1.54, 1.807) is 9.58 Å². The van der Waals surface area contributed by atoms with E-state index < -0.39 is 0 Å². The lowest BCUT2D eigenvalue weighted by Gasteiger charge is -2.19. The van der Waals surface area contributed by atoms with Crippen LogP contribution in [0.1, 0.15) is 24.1 Å². The first-order valence-corrected chi connectivity index (χ1v) is 9.42. The molecular formula is C22H22N4O2. The summed E-state index contributed by atoms with van der Waals surface area (Å²) in [4.78, 5) is 26.7. The molecule has 1 aliphatic rings. The monoisotopic (exact) mass is 374 g/mol. The Hall–Kier alpha value is -3.41. The van der Waals surface area contributed by atoms with E-state index in [4.69, 9.17) is 0 Å². The van der Waals surface area contributed by atoms with Crippen molar-refractivity contribution in [3.05, 3.63) is 71.9 Å². The van der Waals surface area contributed by atoms with Gasteiger partial charge >= 0.3 is 0 Å². The Morgan fingerprint density at radius 1 is 1.11 bits per heavy atom. The molecular weight excluding hydrogens is 352 g/mol. The minimum atomic E-state index is -0.142. The maximum absolute atomic E-state index is 12.8. The number of benzene rings is 2. The van der Waals surface area contributed by atoms with Gasteiger partial charge in [0.1, 0.15) is 5.82 Å². The number of hydrogen-bond acceptors (Lipinski definition) is 3. The minimum absolute atomic E-state index is 0.116. The Labute approximate surface area is 163 Å². The molecule has 1 fully saturated rings. The van der Waals surface area contributed by atoms with Gasteiger partial charge in [0, 0.05) is 24.7 Å². The van der Waals surface area contributed by atoms with Gasteiger partial charge in [-0.05, 0) is 37.1 Å². The first-order chi connectivity index (χ1) is 13.6. The molecule has 142 valence electrons. The molecule has 3 aromatic rings. The highest BCUT2D eigenvalue weighted by atomic mass is 16.2. The van der Waals surface area contributed by atoms with Crippen LogP contribution in [0.2, 0.25) is 0 Å². The molecule has 0 aliphatic carbocycles. The highest BCUT2D eigenvalue weighted by molar-refractivity contribution is 5.98. The summed E-state index contributed by atoms with van der Waals surface area (Å²) < 4.78 is 1.73. The smallest absolute Gasteiger partial charge is 0.230 e. The molecule has 2 heterocycles.